The van der Waals surface area contributed by atoms with Crippen molar-refractivity contribution in [3.05, 3.63) is 52.0 Å². The highest BCUT2D eigenvalue weighted by Crippen LogP contribution is 2.19. The molecule has 0 atom stereocenters. The molecule has 126 valence electrons. The molecule has 0 saturated heterocycles. The summed E-state index contributed by atoms with van der Waals surface area (Å²) in [6.45, 7) is 2.89. The summed E-state index contributed by atoms with van der Waals surface area (Å²) in [6, 6.07) is 7.15. The monoisotopic (exact) mass is 325 g/mol. The van der Waals surface area contributed by atoms with Crippen LogP contribution in [-0.4, -0.2) is 22.2 Å². The third-order valence-corrected chi connectivity index (χ3v) is 4.50. The van der Waals surface area contributed by atoms with E-state index < -0.39 is 0 Å². The molecule has 1 aliphatic carbocycles. The molecule has 0 aliphatic heterocycles. The van der Waals surface area contributed by atoms with Crippen molar-refractivity contribution in [2.75, 3.05) is 6.54 Å². The number of hydrogen-bond donors (Lipinski definition) is 1. The Hall–Kier alpha value is -2.43. The number of fused-ring (bicyclic) bond motifs is 1. The van der Waals surface area contributed by atoms with Crippen LogP contribution in [0.3, 0.4) is 0 Å². The Kier molecular flexibility index (Phi) is 5.08. The van der Waals surface area contributed by atoms with Gasteiger partial charge in [-0.15, -0.1) is 0 Å². The molecule has 3 rings (SSSR count). The van der Waals surface area contributed by atoms with E-state index in [1.54, 1.807) is 18.2 Å². The lowest BCUT2D eigenvalue weighted by atomic mass is 9.97. The molecule has 5 nitrogen and oxygen atoms in total. The fourth-order valence-electron chi connectivity index (χ4n) is 3.17. The number of nitrogens with one attached hydrogen (secondary N) is 1. The van der Waals surface area contributed by atoms with E-state index in [0.29, 0.717) is 29.6 Å². The van der Waals surface area contributed by atoms with Gasteiger partial charge in [0.25, 0.3) is 11.5 Å². The van der Waals surface area contributed by atoms with Gasteiger partial charge in [0.15, 0.2) is 5.69 Å². The van der Waals surface area contributed by atoms with Crippen molar-refractivity contribution in [2.24, 2.45) is 0 Å². The number of allylic oxidation sites excluding steroid dienone is 1. The maximum atomic E-state index is 12.6. The molecule has 0 bridgehead atoms. The van der Waals surface area contributed by atoms with Gasteiger partial charge in [-0.05, 0) is 45.1 Å². The summed E-state index contributed by atoms with van der Waals surface area (Å²) < 4.78 is 1.35. The van der Waals surface area contributed by atoms with Gasteiger partial charge >= 0.3 is 0 Å². The second kappa shape index (κ2) is 7.43. The van der Waals surface area contributed by atoms with Gasteiger partial charge in [0.1, 0.15) is 0 Å². The average molecular weight is 325 g/mol. The standard InChI is InChI=1S/C19H23N3O2/c1-2-22-19(24)16-11-7-6-10-15(16)17(21-22)18(23)20-13-12-14-8-4-3-5-9-14/h6-8,10-11H,2-5,9,12-13H2,1H3,(H,20,23). The van der Waals surface area contributed by atoms with Crippen molar-refractivity contribution in [2.45, 2.75) is 45.6 Å². The number of nitrogens with zero attached hydrogens (tertiary/aromatic N) is 2. The van der Waals surface area contributed by atoms with Crippen LogP contribution in [0.4, 0.5) is 0 Å². The number of aromatic nitrogens is 2. The van der Waals surface area contributed by atoms with Gasteiger partial charge in [-0.2, -0.15) is 5.10 Å². The highest BCUT2D eigenvalue weighted by molar-refractivity contribution is 6.04. The van der Waals surface area contributed by atoms with Gasteiger partial charge in [-0.1, -0.05) is 29.8 Å². The van der Waals surface area contributed by atoms with Gasteiger partial charge in [-0.3, -0.25) is 9.59 Å². The predicted molar refractivity (Wildman–Crippen MR) is 95.2 cm³/mol. The van der Waals surface area contributed by atoms with Crippen molar-refractivity contribution in [3.8, 4) is 0 Å². The van der Waals surface area contributed by atoms with Crippen LogP contribution in [0.2, 0.25) is 0 Å². The SMILES string of the molecule is CCn1nc(C(=O)NCCC2=CCCCC2)c2ccccc2c1=O. The Bertz CT molecular complexity index is 836. The van der Waals surface area contributed by atoms with Crippen LogP contribution in [0, 0.1) is 0 Å². The van der Waals surface area contributed by atoms with Crippen LogP contribution >= 0.6 is 0 Å². The molecule has 24 heavy (non-hydrogen) atoms. The van der Waals surface area contributed by atoms with E-state index in [0.717, 1.165) is 19.3 Å². The van der Waals surface area contributed by atoms with Crippen LogP contribution in [-0.2, 0) is 6.54 Å². The minimum atomic E-state index is -0.218. The number of carbonyl (C=O) groups excluding carboxylic acids is 1. The number of aryl methyl sites for hydroxylation is 1. The molecule has 2 aromatic rings. The first-order valence-corrected chi connectivity index (χ1v) is 8.66. The van der Waals surface area contributed by atoms with Gasteiger partial charge < -0.3 is 5.32 Å². The minimum absolute atomic E-state index is 0.156. The van der Waals surface area contributed by atoms with Crippen LogP contribution in [0.25, 0.3) is 10.8 Å². The van der Waals surface area contributed by atoms with Crippen molar-refractivity contribution in [1.29, 1.82) is 0 Å². The zero-order chi connectivity index (χ0) is 16.9. The molecule has 5 heteroatoms. The first kappa shape index (κ1) is 16.4. The lowest BCUT2D eigenvalue weighted by Crippen LogP contribution is -2.31. The zero-order valence-electron chi connectivity index (χ0n) is 14.0. The van der Waals surface area contributed by atoms with Crippen molar-refractivity contribution >= 4 is 16.7 Å². The largest absolute Gasteiger partial charge is 0.350 e. The lowest BCUT2D eigenvalue weighted by Gasteiger charge is -2.13. The number of hydrogen-bond acceptors (Lipinski definition) is 3. The lowest BCUT2D eigenvalue weighted by molar-refractivity contribution is 0.0948. The van der Waals surface area contributed by atoms with Gasteiger partial charge in [0.2, 0.25) is 0 Å². The highest BCUT2D eigenvalue weighted by Gasteiger charge is 2.16. The number of benzene rings is 1. The molecule has 1 aromatic heterocycles. The zero-order valence-corrected chi connectivity index (χ0v) is 14.0. The Balaban J connectivity index is 1.80. The van der Waals surface area contributed by atoms with E-state index in [-0.39, 0.29) is 11.5 Å². The van der Waals surface area contributed by atoms with E-state index in [2.05, 4.69) is 16.5 Å². The fraction of sp³-hybridized carbons (Fsp3) is 0.421. The van der Waals surface area contributed by atoms with Crippen LogP contribution in [0.15, 0.2) is 40.7 Å². The Labute approximate surface area is 141 Å². The molecular formula is C19H23N3O2. The number of amides is 1. The summed E-state index contributed by atoms with van der Waals surface area (Å²) >= 11 is 0. The number of carbonyl (C=O) groups is 1. The molecular weight excluding hydrogens is 302 g/mol. The third-order valence-electron chi connectivity index (χ3n) is 4.50. The average Bonchev–Trinajstić information content (AvgIpc) is 2.63. The number of rotatable bonds is 5. The van der Waals surface area contributed by atoms with E-state index in [4.69, 9.17) is 0 Å². The summed E-state index contributed by atoms with van der Waals surface area (Å²) in [5.74, 6) is -0.218. The molecule has 0 radical (unpaired) electrons. The maximum absolute atomic E-state index is 12.6. The van der Waals surface area contributed by atoms with Crippen molar-refractivity contribution in [3.63, 3.8) is 0 Å². The van der Waals surface area contributed by atoms with Gasteiger partial charge in [0.05, 0.1) is 5.39 Å². The van der Waals surface area contributed by atoms with Crippen molar-refractivity contribution in [1.82, 2.24) is 15.1 Å². The van der Waals surface area contributed by atoms with E-state index in [1.807, 2.05) is 13.0 Å². The second-order valence-electron chi connectivity index (χ2n) is 6.13. The van der Waals surface area contributed by atoms with E-state index in [9.17, 15) is 9.59 Å². The van der Waals surface area contributed by atoms with Crippen LogP contribution < -0.4 is 10.9 Å². The predicted octanol–water partition coefficient (Wildman–Crippen LogP) is 3.04. The molecule has 1 amide bonds. The highest BCUT2D eigenvalue weighted by atomic mass is 16.2. The molecule has 1 N–H and O–H groups in total. The van der Waals surface area contributed by atoms with Crippen LogP contribution in [0.5, 0.6) is 0 Å². The van der Waals surface area contributed by atoms with E-state index >= 15 is 0 Å². The Morgan fingerprint density at radius 2 is 2.04 bits per heavy atom. The van der Waals surface area contributed by atoms with Crippen molar-refractivity contribution < 1.29 is 4.79 Å². The maximum Gasteiger partial charge on any atom is 0.274 e. The Morgan fingerprint density at radius 1 is 1.25 bits per heavy atom. The molecule has 0 unspecified atom stereocenters. The smallest absolute Gasteiger partial charge is 0.274 e. The fourth-order valence-corrected chi connectivity index (χ4v) is 3.17. The van der Waals surface area contributed by atoms with Crippen LogP contribution in [0.1, 0.15) is 49.5 Å². The molecule has 0 fully saturated rings. The normalized spacial score (nSPS) is 14.5. The minimum Gasteiger partial charge on any atom is -0.350 e. The quantitative estimate of drug-likeness (QED) is 0.859. The topological polar surface area (TPSA) is 64.0 Å². The first-order chi connectivity index (χ1) is 11.7. The third kappa shape index (κ3) is 3.40. The molecule has 0 spiro atoms. The summed E-state index contributed by atoms with van der Waals surface area (Å²) in [5.41, 5.74) is 1.60. The summed E-state index contributed by atoms with van der Waals surface area (Å²) in [5, 5.41) is 8.36. The second-order valence-corrected chi connectivity index (χ2v) is 6.13. The molecule has 1 aliphatic rings. The molecule has 1 aromatic carbocycles. The van der Waals surface area contributed by atoms with Gasteiger partial charge in [-0.25, -0.2) is 4.68 Å². The molecule has 1 heterocycles. The summed E-state index contributed by atoms with van der Waals surface area (Å²) in [6.07, 6.45) is 7.98. The van der Waals surface area contributed by atoms with Gasteiger partial charge in [0, 0.05) is 18.5 Å². The van der Waals surface area contributed by atoms with E-state index in [1.165, 1.54) is 23.1 Å². The first-order valence-electron chi connectivity index (χ1n) is 8.66. The molecule has 0 saturated carbocycles. The summed E-state index contributed by atoms with van der Waals surface area (Å²) in [4.78, 5) is 24.9. The Morgan fingerprint density at radius 3 is 2.75 bits per heavy atom. The summed E-state index contributed by atoms with van der Waals surface area (Å²) in [7, 11) is 0.